The molecule has 0 saturated carbocycles. The van der Waals surface area contributed by atoms with E-state index in [0.29, 0.717) is 0 Å². The molecule has 1 radical (unpaired) electrons. The highest BCUT2D eigenvalue weighted by molar-refractivity contribution is 4.96. The molecule has 0 saturated heterocycles. The molecule has 0 rings (SSSR count). The van der Waals surface area contributed by atoms with Crippen LogP contribution in [0.4, 0.5) is 0 Å². The Morgan fingerprint density at radius 1 is 1.57 bits per heavy atom. The van der Waals surface area contributed by atoms with E-state index in [1.807, 2.05) is 25.2 Å². The lowest BCUT2D eigenvalue weighted by Gasteiger charge is -1.69. The molecule has 0 aromatic heterocycles. The highest BCUT2D eigenvalue weighted by atomic mass is 13.6. The molecular weight excluding hydrogens is 84.1 g/mol. The monoisotopic (exact) mass is 95.1 g/mol. The molecule has 0 aliphatic heterocycles. The number of hydrogen-bond donors (Lipinski definition) is 0. The Labute approximate surface area is 45.5 Å². The van der Waals surface area contributed by atoms with Gasteiger partial charge in [-0.15, -0.1) is 0 Å². The lowest BCUT2D eigenvalue weighted by atomic mass is 10.4. The minimum absolute atomic E-state index is 1.00. The SMILES string of the molecule is CC=C/C=[C]/CC. The number of rotatable bonds is 2. The Kier molecular flexibility index (Phi) is 5.07. The van der Waals surface area contributed by atoms with E-state index in [1.54, 1.807) is 0 Å². The van der Waals surface area contributed by atoms with E-state index in [-0.39, 0.29) is 0 Å². The summed E-state index contributed by atoms with van der Waals surface area (Å²) in [6.07, 6.45) is 9.94. The van der Waals surface area contributed by atoms with Gasteiger partial charge >= 0.3 is 0 Å². The fourth-order valence-electron chi connectivity index (χ4n) is 0.282. The van der Waals surface area contributed by atoms with Gasteiger partial charge in [0.2, 0.25) is 0 Å². The molecule has 0 heteroatoms. The second-order valence-electron chi connectivity index (χ2n) is 1.25. The van der Waals surface area contributed by atoms with Gasteiger partial charge in [-0.25, -0.2) is 0 Å². The van der Waals surface area contributed by atoms with Crippen LogP contribution in [-0.2, 0) is 0 Å². The van der Waals surface area contributed by atoms with Crippen molar-refractivity contribution in [3.63, 3.8) is 0 Å². The van der Waals surface area contributed by atoms with Crippen LogP contribution >= 0.6 is 0 Å². The van der Waals surface area contributed by atoms with E-state index in [9.17, 15) is 0 Å². The summed E-state index contributed by atoms with van der Waals surface area (Å²) in [4.78, 5) is 0. The zero-order valence-corrected chi connectivity index (χ0v) is 4.94. The highest BCUT2D eigenvalue weighted by Gasteiger charge is 1.59. The summed E-state index contributed by atoms with van der Waals surface area (Å²) in [5, 5.41) is 0. The first-order valence-corrected chi connectivity index (χ1v) is 2.59. The maximum absolute atomic E-state index is 3.04. The normalized spacial score (nSPS) is 11.7. The molecule has 0 atom stereocenters. The van der Waals surface area contributed by atoms with Crippen molar-refractivity contribution in [2.24, 2.45) is 0 Å². The molecule has 7 heavy (non-hydrogen) atoms. The zero-order valence-electron chi connectivity index (χ0n) is 4.94. The first-order chi connectivity index (χ1) is 3.41. The molecule has 0 aromatic rings. The third kappa shape index (κ3) is 5.48. The Balaban J connectivity index is 3.09. The second kappa shape index (κ2) is 5.48. The predicted molar refractivity (Wildman–Crippen MR) is 32.9 cm³/mol. The van der Waals surface area contributed by atoms with Crippen molar-refractivity contribution in [3.05, 3.63) is 24.3 Å². The summed E-state index contributed by atoms with van der Waals surface area (Å²) in [6, 6.07) is 0. The molecule has 0 heterocycles. The van der Waals surface area contributed by atoms with Crippen LogP contribution in [0.3, 0.4) is 0 Å². The minimum Gasteiger partial charge on any atom is -0.0877 e. The molecule has 0 unspecified atom stereocenters. The quantitative estimate of drug-likeness (QED) is 0.462. The molecular formula is C7H11. The average molecular weight is 95.2 g/mol. The van der Waals surface area contributed by atoms with Crippen molar-refractivity contribution in [3.8, 4) is 0 Å². The molecule has 0 aliphatic carbocycles. The lowest BCUT2D eigenvalue weighted by molar-refractivity contribution is 1.19. The minimum atomic E-state index is 1.00. The van der Waals surface area contributed by atoms with Gasteiger partial charge in [-0.2, -0.15) is 0 Å². The van der Waals surface area contributed by atoms with Gasteiger partial charge in [-0.3, -0.25) is 0 Å². The summed E-state index contributed by atoms with van der Waals surface area (Å²) >= 11 is 0. The van der Waals surface area contributed by atoms with Crippen LogP contribution in [0.5, 0.6) is 0 Å². The molecule has 0 aliphatic rings. The van der Waals surface area contributed by atoms with E-state index in [2.05, 4.69) is 13.0 Å². The Bertz CT molecular complexity index is 68.1. The van der Waals surface area contributed by atoms with E-state index < -0.39 is 0 Å². The number of hydrogen-bond acceptors (Lipinski definition) is 0. The Morgan fingerprint density at radius 3 is 2.71 bits per heavy atom. The van der Waals surface area contributed by atoms with Crippen LogP contribution in [0.15, 0.2) is 18.2 Å². The summed E-state index contributed by atoms with van der Waals surface area (Å²) in [6.45, 7) is 4.06. The van der Waals surface area contributed by atoms with E-state index in [4.69, 9.17) is 0 Å². The summed E-state index contributed by atoms with van der Waals surface area (Å²) < 4.78 is 0. The van der Waals surface area contributed by atoms with Gasteiger partial charge in [0.1, 0.15) is 0 Å². The van der Waals surface area contributed by atoms with E-state index in [0.717, 1.165) is 6.42 Å². The molecule has 0 fully saturated rings. The van der Waals surface area contributed by atoms with Crippen molar-refractivity contribution < 1.29 is 0 Å². The number of allylic oxidation sites excluding steroid dienone is 4. The Hall–Kier alpha value is -0.520. The zero-order chi connectivity index (χ0) is 5.54. The van der Waals surface area contributed by atoms with Crippen molar-refractivity contribution in [2.45, 2.75) is 20.3 Å². The molecule has 0 bridgehead atoms. The van der Waals surface area contributed by atoms with Gasteiger partial charge in [-0.1, -0.05) is 25.2 Å². The first kappa shape index (κ1) is 6.48. The molecule has 0 nitrogen and oxygen atoms in total. The summed E-state index contributed by atoms with van der Waals surface area (Å²) in [5.41, 5.74) is 0. The predicted octanol–water partition coefficient (Wildman–Crippen LogP) is 2.33. The van der Waals surface area contributed by atoms with Crippen LogP contribution < -0.4 is 0 Å². The fourth-order valence-corrected chi connectivity index (χ4v) is 0.282. The topological polar surface area (TPSA) is 0 Å². The average Bonchev–Trinajstić information content (AvgIpc) is 1.69. The van der Waals surface area contributed by atoms with Crippen LogP contribution in [-0.4, -0.2) is 0 Å². The standard InChI is InChI=1S/C7H11/c1-3-5-7-6-4-2/h3,5,7H,4H2,1-2H3. The van der Waals surface area contributed by atoms with Gasteiger partial charge in [0, 0.05) is 0 Å². The van der Waals surface area contributed by atoms with Gasteiger partial charge in [0.05, 0.1) is 0 Å². The van der Waals surface area contributed by atoms with Crippen molar-refractivity contribution >= 4 is 0 Å². The van der Waals surface area contributed by atoms with Crippen molar-refractivity contribution in [2.75, 3.05) is 0 Å². The molecule has 0 spiro atoms. The fraction of sp³-hybridized carbons (Fsp3) is 0.429. The highest BCUT2D eigenvalue weighted by Crippen LogP contribution is 1.77. The molecule has 0 N–H and O–H groups in total. The van der Waals surface area contributed by atoms with E-state index >= 15 is 0 Å². The van der Waals surface area contributed by atoms with Gasteiger partial charge in [0.15, 0.2) is 0 Å². The van der Waals surface area contributed by atoms with Crippen LogP contribution in [0.2, 0.25) is 0 Å². The third-order valence-corrected chi connectivity index (χ3v) is 0.611. The lowest BCUT2D eigenvalue weighted by Crippen LogP contribution is -1.50. The third-order valence-electron chi connectivity index (χ3n) is 0.611. The van der Waals surface area contributed by atoms with Crippen LogP contribution in [0.1, 0.15) is 20.3 Å². The molecule has 0 aromatic carbocycles. The second-order valence-corrected chi connectivity index (χ2v) is 1.25. The smallest absolute Gasteiger partial charge is 0.0305 e. The van der Waals surface area contributed by atoms with E-state index in [1.165, 1.54) is 0 Å². The summed E-state index contributed by atoms with van der Waals surface area (Å²) in [7, 11) is 0. The van der Waals surface area contributed by atoms with Crippen molar-refractivity contribution in [1.82, 2.24) is 0 Å². The molecule has 39 valence electrons. The summed E-state index contributed by atoms with van der Waals surface area (Å²) in [5.74, 6) is 0. The van der Waals surface area contributed by atoms with Gasteiger partial charge in [-0.05, 0) is 19.4 Å². The molecule has 0 amide bonds. The maximum atomic E-state index is 3.04. The van der Waals surface area contributed by atoms with Gasteiger partial charge < -0.3 is 0 Å². The first-order valence-electron chi connectivity index (χ1n) is 2.59. The maximum Gasteiger partial charge on any atom is -0.0305 e. The van der Waals surface area contributed by atoms with Gasteiger partial charge in [0.25, 0.3) is 0 Å². The van der Waals surface area contributed by atoms with Crippen LogP contribution in [0, 0.1) is 6.08 Å². The van der Waals surface area contributed by atoms with Crippen molar-refractivity contribution in [1.29, 1.82) is 0 Å². The van der Waals surface area contributed by atoms with Crippen LogP contribution in [0.25, 0.3) is 0 Å². The Morgan fingerprint density at radius 2 is 2.29 bits per heavy atom. The largest absolute Gasteiger partial charge is 0.0877 e.